The molecule has 0 spiro atoms. The maximum Gasteiger partial charge on any atom is 0.339 e. The highest BCUT2D eigenvalue weighted by Gasteiger charge is 2.25. The molecule has 1 aromatic carbocycles. The van der Waals surface area contributed by atoms with Gasteiger partial charge in [-0.1, -0.05) is 12.8 Å². The van der Waals surface area contributed by atoms with E-state index < -0.39 is 5.97 Å². The van der Waals surface area contributed by atoms with Crippen molar-refractivity contribution < 1.29 is 20.1 Å². The van der Waals surface area contributed by atoms with E-state index in [4.69, 9.17) is 0 Å². The van der Waals surface area contributed by atoms with Crippen LogP contribution in [0.5, 0.6) is 11.5 Å². The minimum atomic E-state index is -1.18. The predicted octanol–water partition coefficient (Wildman–Crippen LogP) is 3.19. The summed E-state index contributed by atoms with van der Waals surface area (Å²) in [6, 6.07) is 1.55. The average Bonchev–Trinajstić information content (AvgIpc) is 2.61. The molecule has 0 saturated carbocycles. The summed E-state index contributed by atoms with van der Waals surface area (Å²) < 4.78 is 0. The van der Waals surface area contributed by atoms with Crippen LogP contribution < -0.4 is 0 Å². The van der Waals surface area contributed by atoms with Gasteiger partial charge in [-0.3, -0.25) is 9.80 Å². The summed E-state index contributed by atoms with van der Waals surface area (Å²) in [6.45, 7) is 4.52. The van der Waals surface area contributed by atoms with Crippen LogP contribution in [0.15, 0.2) is 6.07 Å². The molecule has 0 amide bonds. The topological polar surface area (TPSA) is 84.2 Å². The highest BCUT2D eigenvalue weighted by Crippen LogP contribution is 2.35. The number of likely N-dealkylation sites (tertiary alicyclic amines) is 2. The Kier molecular flexibility index (Phi) is 7.55. The Labute approximate surface area is 160 Å². The minimum absolute atomic E-state index is 0. The maximum atomic E-state index is 11.8. The summed E-state index contributed by atoms with van der Waals surface area (Å²) in [7, 11) is 0. The number of benzene rings is 1. The van der Waals surface area contributed by atoms with Crippen molar-refractivity contribution in [2.24, 2.45) is 0 Å². The van der Waals surface area contributed by atoms with Crippen LogP contribution in [0.2, 0.25) is 0 Å². The molecule has 0 radical (unpaired) electrons. The van der Waals surface area contributed by atoms with Crippen LogP contribution in [0.3, 0.4) is 0 Å². The van der Waals surface area contributed by atoms with Crippen molar-refractivity contribution in [1.82, 2.24) is 9.80 Å². The molecule has 2 heterocycles. The molecule has 6 nitrogen and oxygen atoms in total. The number of nitrogens with zero attached hydrogens (tertiary/aromatic N) is 2. The highest BCUT2D eigenvalue weighted by molar-refractivity contribution is 5.94. The van der Waals surface area contributed by atoms with Crippen molar-refractivity contribution in [3.63, 3.8) is 0 Å². The van der Waals surface area contributed by atoms with E-state index in [1.54, 1.807) is 6.07 Å². The lowest BCUT2D eigenvalue weighted by molar-refractivity contribution is 0.0689. The Morgan fingerprint density at radius 2 is 1.38 bits per heavy atom. The van der Waals surface area contributed by atoms with Gasteiger partial charge in [-0.15, -0.1) is 12.4 Å². The van der Waals surface area contributed by atoms with E-state index in [0.29, 0.717) is 24.2 Å². The molecule has 7 heteroatoms. The Hall–Kier alpha value is -1.50. The van der Waals surface area contributed by atoms with E-state index >= 15 is 0 Å². The molecule has 2 aliphatic rings. The molecule has 2 aliphatic heterocycles. The van der Waals surface area contributed by atoms with Gasteiger partial charge in [0.2, 0.25) is 0 Å². The number of carbonyl (C=O) groups is 1. The first-order valence-electron chi connectivity index (χ1n) is 9.31. The summed E-state index contributed by atoms with van der Waals surface area (Å²) >= 11 is 0. The van der Waals surface area contributed by atoms with E-state index in [-0.39, 0.29) is 29.5 Å². The lowest BCUT2D eigenvalue weighted by Crippen LogP contribution is -2.30. The van der Waals surface area contributed by atoms with Crippen molar-refractivity contribution in [2.45, 2.75) is 51.6 Å². The molecule has 3 rings (SSSR count). The van der Waals surface area contributed by atoms with Crippen molar-refractivity contribution in [1.29, 1.82) is 0 Å². The molecule has 2 saturated heterocycles. The van der Waals surface area contributed by atoms with Crippen LogP contribution in [0, 0.1) is 0 Å². The number of rotatable bonds is 5. The molecule has 0 bridgehead atoms. The Balaban J connectivity index is 0.00000243. The van der Waals surface area contributed by atoms with Crippen LogP contribution in [0.25, 0.3) is 0 Å². The standard InChI is InChI=1S/C19H28N2O4.ClH/c22-16-11-14(12-20-7-3-1-4-8-20)18(23)17(19(24)25)15(16)13-21-9-5-2-6-10-21;/h11,22-23H,1-10,12-13H2,(H,24,25);1H. The maximum absolute atomic E-state index is 11.8. The van der Waals surface area contributed by atoms with Crippen molar-refractivity contribution in [3.8, 4) is 11.5 Å². The molecule has 0 aliphatic carbocycles. The Morgan fingerprint density at radius 3 is 1.88 bits per heavy atom. The monoisotopic (exact) mass is 384 g/mol. The Bertz CT molecular complexity index is 626. The first-order chi connectivity index (χ1) is 12.1. The van der Waals surface area contributed by atoms with Gasteiger partial charge in [-0.25, -0.2) is 4.79 Å². The van der Waals surface area contributed by atoms with E-state index in [2.05, 4.69) is 9.80 Å². The number of phenols is 2. The van der Waals surface area contributed by atoms with Gasteiger partial charge >= 0.3 is 5.97 Å². The number of aromatic hydroxyl groups is 2. The number of aromatic carboxylic acids is 1. The quantitative estimate of drug-likeness (QED) is 0.676. The molecule has 146 valence electrons. The lowest BCUT2D eigenvalue weighted by atomic mass is 9.98. The van der Waals surface area contributed by atoms with Crippen molar-refractivity contribution >= 4 is 18.4 Å². The van der Waals surface area contributed by atoms with Gasteiger partial charge in [0.05, 0.1) is 0 Å². The van der Waals surface area contributed by atoms with Crippen LogP contribution in [-0.2, 0) is 13.1 Å². The molecule has 0 unspecified atom stereocenters. The molecule has 3 N–H and O–H groups in total. The lowest BCUT2D eigenvalue weighted by Gasteiger charge is -2.29. The second-order valence-electron chi connectivity index (χ2n) is 7.24. The fourth-order valence-electron chi connectivity index (χ4n) is 3.96. The highest BCUT2D eigenvalue weighted by atomic mass is 35.5. The van der Waals surface area contributed by atoms with Crippen LogP contribution in [-0.4, -0.2) is 57.3 Å². The van der Waals surface area contributed by atoms with Crippen LogP contribution in [0.4, 0.5) is 0 Å². The fourth-order valence-corrected chi connectivity index (χ4v) is 3.96. The Morgan fingerprint density at radius 1 is 0.885 bits per heavy atom. The number of carboxylic acids is 1. The molecule has 26 heavy (non-hydrogen) atoms. The first-order valence-corrected chi connectivity index (χ1v) is 9.31. The smallest absolute Gasteiger partial charge is 0.339 e. The summed E-state index contributed by atoms with van der Waals surface area (Å²) in [5.74, 6) is -1.39. The van der Waals surface area contributed by atoms with Crippen LogP contribution in [0.1, 0.15) is 60.0 Å². The second-order valence-corrected chi connectivity index (χ2v) is 7.24. The number of halogens is 1. The first kappa shape index (κ1) is 20.8. The zero-order valence-electron chi connectivity index (χ0n) is 15.1. The van der Waals surface area contributed by atoms with E-state index in [1.807, 2.05) is 0 Å². The van der Waals surface area contributed by atoms with Gasteiger partial charge in [0.15, 0.2) is 0 Å². The third-order valence-corrected chi connectivity index (χ3v) is 5.35. The third kappa shape index (κ3) is 4.81. The number of piperidine rings is 2. The number of hydrogen-bond acceptors (Lipinski definition) is 5. The average molecular weight is 385 g/mol. The van der Waals surface area contributed by atoms with Crippen LogP contribution >= 0.6 is 12.4 Å². The summed E-state index contributed by atoms with van der Waals surface area (Å²) in [4.78, 5) is 16.1. The van der Waals surface area contributed by atoms with E-state index in [1.165, 1.54) is 12.8 Å². The van der Waals surface area contributed by atoms with E-state index in [0.717, 1.165) is 51.9 Å². The number of phenolic OH excluding ortho intramolecular Hbond substituents is 1. The van der Waals surface area contributed by atoms with Gasteiger partial charge in [0, 0.05) is 24.2 Å². The van der Waals surface area contributed by atoms with Crippen molar-refractivity contribution in [3.05, 3.63) is 22.8 Å². The molecule has 0 aromatic heterocycles. The second kappa shape index (κ2) is 9.44. The summed E-state index contributed by atoms with van der Waals surface area (Å²) in [5.41, 5.74) is 0.686. The van der Waals surface area contributed by atoms with Gasteiger partial charge in [0.25, 0.3) is 0 Å². The summed E-state index contributed by atoms with van der Waals surface area (Å²) in [5, 5.41) is 30.7. The van der Waals surface area contributed by atoms with E-state index in [9.17, 15) is 20.1 Å². The van der Waals surface area contributed by atoms with Gasteiger partial charge < -0.3 is 15.3 Å². The number of carboxylic acid groups (broad SMARTS) is 1. The van der Waals surface area contributed by atoms with Crippen molar-refractivity contribution in [2.75, 3.05) is 26.2 Å². The molecular weight excluding hydrogens is 356 g/mol. The minimum Gasteiger partial charge on any atom is -0.508 e. The predicted molar refractivity (Wildman–Crippen MR) is 102 cm³/mol. The third-order valence-electron chi connectivity index (χ3n) is 5.35. The summed E-state index contributed by atoms with van der Waals surface area (Å²) in [6.07, 6.45) is 6.80. The van der Waals surface area contributed by atoms with Gasteiger partial charge in [0.1, 0.15) is 17.1 Å². The largest absolute Gasteiger partial charge is 0.508 e. The zero-order chi connectivity index (χ0) is 17.8. The normalized spacial score (nSPS) is 19.1. The number of hydrogen-bond donors (Lipinski definition) is 3. The molecular formula is C19H29ClN2O4. The van der Waals surface area contributed by atoms with Gasteiger partial charge in [-0.05, 0) is 57.9 Å². The fraction of sp³-hybridized carbons (Fsp3) is 0.632. The SMILES string of the molecule is Cl.O=C(O)c1c(O)c(CN2CCCCC2)cc(O)c1CN1CCCCC1. The zero-order valence-corrected chi connectivity index (χ0v) is 15.9. The molecule has 1 aromatic rings. The molecule has 0 atom stereocenters. The molecule has 2 fully saturated rings. The van der Waals surface area contributed by atoms with Gasteiger partial charge in [-0.2, -0.15) is 0 Å².